The molecule has 3 rings (SSSR count). The van der Waals surface area contributed by atoms with E-state index in [0.717, 1.165) is 11.3 Å². The lowest BCUT2D eigenvalue weighted by Gasteiger charge is -2.18. The molecule has 0 spiro atoms. The minimum Gasteiger partial charge on any atom is -0.494 e. The molecule has 1 heterocycles. The highest BCUT2D eigenvalue weighted by Crippen LogP contribution is 2.35. The Balaban J connectivity index is 1.63. The van der Waals surface area contributed by atoms with E-state index in [2.05, 4.69) is 5.32 Å². The smallest absolute Gasteiger partial charge is 0.266 e. The van der Waals surface area contributed by atoms with Gasteiger partial charge in [0.1, 0.15) is 10.1 Å². The fraction of sp³-hybridized carbons (Fsp3) is 0.292. The lowest BCUT2D eigenvalue weighted by atomic mass is 10.1. The predicted molar refractivity (Wildman–Crippen MR) is 135 cm³/mol. The maximum atomic E-state index is 12.6. The number of nitrogens with zero attached hydrogens (tertiary/aromatic N) is 1. The molecule has 0 aliphatic carbocycles. The first-order chi connectivity index (χ1) is 15.8. The molecule has 174 valence electrons. The van der Waals surface area contributed by atoms with Gasteiger partial charge in [0.05, 0.1) is 18.6 Å². The molecular formula is C24H26N2O5S2. The molecule has 0 unspecified atom stereocenters. The van der Waals surface area contributed by atoms with E-state index in [0.29, 0.717) is 33.0 Å². The Hall–Kier alpha value is -3.04. The maximum Gasteiger partial charge on any atom is 0.266 e. The van der Waals surface area contributed by atoms with Gasteiger partial charge >= 0.3 is 0 Å². The van der Waals surface area contributed by atoms with E-state index in [9.17, 15) is 9.59 Å². The Kier molecular flexibility index (Phi) is 8.35. The molecular weight excluding hydrogens is 460 g/mol. The SMILES string of the molecule is CCOc1ccc(NC(=O)COc2ccc(/C=C3\SC(=S)N(C(C)C)C3=O)cc2OC)cc1. The van der Waals surface area contributed by atoms with Crippen molar-refractivity contribution >= 4 is 51.9 Å². The third-order valence-electron chi connectivity index (χ3n) is 4.63. The van der Waals surface area contributed by atoms with Crippen LogP contribution in [0.2, 0.25) is 0 Å². The molecule has 2 amide bonds. The number of methoxy groups -OCH3 is 1. The van der Waals surface area contributed by atoms with Crippen LogP contribution >= 0.6 is 24.0 Å². The van der Waals surface area contributed by atoms with Crippen molar-refractivity contribution in [3.05, 3.63) is 52.9 Å². The molecule has 33 heavy (non-hydrogen) atoms. The summed E-state index contributed by atoms with van der Waals surface area (Å²) in [6, 6.07) is 12.4. The third kappa shape index (κ3) is 6.27. The van der Waals surface area contributed by atoms with Gasteiger partial charge in [-0.3, -0.25) is 14.5 Å². The largest absolute Gasteiger partial charge is 0.494 e. The molecule has 1 fully saturated rings. The van der Waals surface area contributed by atoms with Crippen LogP contribution in [0.1, 0.15) is 26.3 Å². The van der Waals surface area contributed by atoms with Crippen LogP contribution in [0.5, 0.6) is 17.2 Å². The van der Waals surface area contributed by atoms with Gasteiger partial charge < -0.3 is 19.5 Å². The Labute approximate surface area is 203 Å². The molecule has 0 radical (unpaired) electrons. The number of rotatable bonds is 9. The summed E-state index contributed by atoms with van der Waals surface area (Å²) in [5.41, 5.74) is 1.41. The molecule has 2 aromatic carbocycles. The summed E-state index contributed by atoms with van der Waals surface area (Å²) >= 11 is 6.60. The van der Waals surface area contributed by atoms with Gasteiger partial charge in [0.15, 0.2) is 18.1 Å². The van der Waals surface area contributed by atoms with E-state index >= 15 is 0 Å². The Morgan fingerprint density at radius 1 is 1.15 bits per heavy atom. The van der Waals surface area contributed by atoms with Crippen LogP contribution in [0.15, 0.2) is 47.4 Å². The number of thioether (sulfide) groups is 1. The molecule has 0 bridgehead atoms. The Bertz CT molecular complexity index is 1070. The summed E-state index contributed by atoms with van der Waals surface area (Å²) < 4.78 is 17.0. The maximum absolute atomic E-state index is 12.6. The minimum atomic E-state index is -0.303. The van der Waals surface area contributed by atoms with Gasteiger partial charge in [0.25, 0.3) is 11.8 Å². The molecule has 0 atom stereocenters. The summed E-state index contributed by atoms with van der Waals surface area (Å²) in [5, 5.41) is 2.77. The van der Waals surface area contributed by atoms with Crippen molar-refractivity contribution in [2.45, 2.75) is 26.8 Å². The van der Waals surface area contributed by atoms with Crippen LogP contribution in [-0.4, -0.2) is 47.4 Å². The summed E-state index contributed by atoms with van der Waals surface area (Å²) in [6.45, 7) is 6.16. The fourth-order valence-corrected chi connectivity index (χ4v) is 4.64. The highest BCUT2D eigenvalue weighted by Gasteiger charge is 2.33. The number of hydrogen-bond donors (Lipinski definition) is 1. The lowest BCUT2D eigenvalue weighted by molar-refractivity contribution is -0.123. The molecule has 0 aromatic heterocycles. The number of amides is 2. The van der Waals surface area contributed by atoms with Crippen molar-refractivity contribution in [2.75, 3.05) is 25.6 Å². The van der Waals surface area contributed by atoms with Gasteiger partial charge in [-0.25, -0.2) is 0 Å². The number of carbonyl (C=O) groups is 2. The monoisotopic (exact) mass is 486 g/mol. The van der Waals surface area contributed by atoms with E-state index in [-0.39, 0.29) is 24.5 Å². The van der Waals surface area contributed by atoms with Crippen LogP contribution in [0, 0.1) is 0 Å². The molecule has 1 aliphatic heterocycles. The van der Waals surface area contributed by atoms with Crippen LogP contribution < -0.4 is 19.5 Å². The van der Waals surface area contributed by atoms with Crippen molar-refractivity contribution < 1.29 is 23.8 Å². The van der Waals surface area contributed by atoms with Gasteiger partial charge in [-0.2, -0.15) is 0 Å². The fourth-order valence-electron chi connectivity index (χ4n) is 3.11. The first kappa shape index (κ1) is 24.6. The molecule has 0 saturated carbocycles. The average Bonchev–Trinajstić information content (AvgIpc) is 3.07. The summed E-state index contributed by atoms with van der Waals surface area (Å²) in [4.78, 5) is 27.0. The van der Waals surface area contributed by atoms with E-state index in [1.165, 1.54) is 18.9 Å². The van der Waals surface area contributed by atoms with Crippen molar-refractivity contribution in [3.8, 4) is 17.2 Å². The Morgan fingerprint density at radius 3 is 2.48 bits per heavy atom. The molecule has 1 aliphatic rings. The molecule has 2 aromatic rings. The molecule has 1 N–H and O–H groups in total. The second kappa shape index (κ2) is 11.2. The van der Waals surface area contributed by atoms with E-state index in [1.807, 2.05) is 20.8 Å². The zero-order valence-corrected chi connectivity index (χ0v) is 20.5. The van der Waals surface area contributed by atoms with Gasteiger partial charge in [-0.05, 0) is 68.8 Å². The highest BCUT2D eigenvalue weighted by molar-refractivity contribution is 8.26. The van der Waals surface area contributed by atoms with Crippen LogP contribution in [0.4, 0.5) is 5.69 Å². The van der Waals surface area contributed by atoms with Gasteiger partial charge in [-0.15, -0.1) is 0 Å². The third-order valence-corrected chi connectivity index (χ3v) is 5.96. The number of thiocarbonyl (C=S) groups is 1. The van der Waals surface area contributed by atoms with E-state index in [4.69, 9.17) is 26.4 Å². The normalized spacial score (nSPS) is 14.7. The highest BCUT2D eigenvalue weighted by atomic mass is 32.2. The summed E-state index contributed by atoms with van der Waals surface area (Å²) in [6.07, 6.45) is 1.77. The van der Waals surface area contributed by atoms with Crippen molar-refractivity contribution in [3.63, 3.8) is 0 Å². The number of benzene rings is 2. The van der Waals surface area contributed by atoms with Crippen molar-refractivity contribution in [2.24, 2.45) is 0 Å². The number of carbonyl (C=O) groups excluding carboxylic acids is 2. The van der Waals surface area contributed by atoms with E-state index < -0.39 is 0 Å². The quantitative estimate of drug-likeness (QED) is 0.406. The first-order valence-electron chi connectivity index (χ1n) is 10.4. The molecule has 7 nitrogen and oxygen atoms in total. The molecule has 9 heteroatoms. The van der Waals surface area contributed by atoms with Gasteiger partial charge in [0, 0.05) is 11.7 Å². The van der Waals surface area contributed by atoms with Crippen molar-refractivity contribution in [1.29, 1.82) is 0 Å². The topological polar surface area (TPSA) is 77.1 Å². The summed E-state index contributed by atoms with van der Waals surface area (Å²) in [7, 11) is 1.52. The zero-order valence-electron chi connectivity index (χ0n) is 18.9. The Morgan fingerprint density at radius 2 is 1.88 bits per heavy atom. The van der Waals surface area contributed by atoms with Gasteiger partial charge in [0.2, 0.25) is 0 Å². The minimum absolute atomic E-state index is 0.00229. The number of nitrogens with one attached hydrogen (secondary N) is 1. The van der Waals surface area contributed by atoms with Crippen LogP contribution in [-0.2, 0) is 9.59 Å². The number of hydrogen-bond acceptors (Lipinski definition) is 7. The number of ether oxygens (including phenoxy) is 3. The van der Waals surface area contributed by atoms with E-state index in [1.54, 1.807) is 53.4 Å². The van der Waals surface area contributed by atoms with Crippen LogP contribution in [0.3, 0.4) is 0 Å². The van der Waals surface area contributed by atoms with Crippen molar-refractivity contribution in [1.82, 2.24) is 4.90 Å². The lowest BCUT2D eigenvalue weighted by Crippen LogP contribution is -2.34. The molecule has 1 saturated heterocycles. The summed E-state index contributed by atoms with van der Waals surface area (Å²) in [5.74, 6) is 1.21. The second-order valence-electron chi connectivity index (χ2n) is 7.35. The first-order valence-corrected chi connectivity index (χ1v) is 11.7. The van der Waals surface area contributed by atoms with Gasteiger partial charge in [-0.1, -0.05) is 30.0 Å². The second-order valence-corrected chi connectivity index (χ2v) is 9.03. The predicted octanol–water partition coefficient (Wildman–Crippen LogP) is 4.72. The average molecular weight is 487 g/mol. The standard InChI is InChI=1S/C24H26N2O5S2/c1-5-30-18-9-7-17(8-10-18)25-22(27)14-31-19-11-6-16(12-20(19)29-4)13-21-23(28)26(15(2)3)24(32)33-21/h6-13,15H,5,14H2,1-4H3,(H,25,27)/b21-13-. The van der Waals surface area contributed by atoms with Crippen LogP contribution in [0.25, 0.3) is 6.08 Å². The zero-order chi connectivity index (χ0) is 24.0. The number of anilines is 1.